The normalized spacial score (nSPS) is 10.2. The maximum atomic E-state index is 11.1. The van der Waals surface area contributed by atoms with Crippen molar-refractivity contribution >= 4 is 26.5 Å². The van der Waals surface area contributed by atoms with Gasteiger partial charge in [-0.25, -0.2) is 4.79 Å². The summed E-state index contributed by atoms with van der Waals surface area (Å²) >= 11 is 0. The average Bonchev–Trinajstić information content (AvgIpc) is 2.38. The first-order chi connectivity index (χ1) is 9.51. The van der Waals surface area contributed by atoms with Crippen LogP contribution in [-0.2, 0) is 11.2 Å². The smallest absolute Gasteiger partial charge is 0.276 e. The molecule has 0 amide bonds. The van der Waals surface area contributed by atoms with Crippen LogP contribution in [0.5, 0.6) is 5.75 Å². The fraction of sp³-hybridized carbons (Fsp3) is 0.462. The van der Waals surface area contributed by atoms with E-state index in [0.29, 0.717) is 23.4 Å². The monoisotopic (exact) mass is 293 g/mol. The number of nitrogens with zero attached hydrogens (tertiary/aromatic N) is 2. The average molecular weight is 293 g/mol. The van der Waals surface area contributed by atoms with Gasteiger partial charge in [0.05, 0.1) is 10.5 Å². The Hall–Kier alpha value is -1.98. The Morgan fingerprint density at radius 1 is 1.45 bits per heavy atom. The molecule has 0 unspecified atom stereocenters. The molecular formula is C13H17N2O4Si. The molecule has 0 saturated carbocycles. The zero-order valence-corrected chi connectivity index (χ0v) is 12.8. The number of hydrogen-bond donors (Lipinski definition) is 0. The second-order valence-corrected chi connectivity index (χ2v) is 6.51. The summed E-state index contributed by atoms with van der Waals surface area (Å²) in [7, 11) is -1.13. The van der Waals surface area contributed by atoms with Crippen LogP contribution in [-0.4, -0.2) is 20.0 Å². The summed E-state index contributed by atoms with van der Waals surface area (Å²) in [5.41, 5.74) is 0.837. The Kier molecular flexibility index (Phi) is 6.08. The molecule has 7 heteroatoms. The van der Waals surface area contributed by atoms with Crippen molar-refractivity contribution in [3.8, 4) is 5.75 Å². The van der Waals surface area contributed by atoms with Crippen molar-refractivity contribution in [3.63, 3.8) is 0 Å². The van der Waals surface area contributed by atoms with Crippen LogP contribution in [0.3, 0.4) is 0 Å². The third-order valence-corrected chi connectivity index (χ3v) is 3.28. The third kappa shape index (κ3) is 4.01. The maximum Gasteiger partial charge on any atom is 0.276 e. The summed E-state index contributed by atoms with van der Waals surface area (Å²) in [6.45, 7) is 5.84. The molecule has 0 heterocycles. The molecule has 0 aliphatic carbocycles. The molecule has 107 valence electrons. The van der Waals surface area contributed by atoms with E-state index in [1.54, 1.807) is 0 Å². The quantitative estimate of drug-likeness (QED) is 0.253. The van der Waals surface area contributed by atoms with Crippen LogP contribution in [0, 0.1) is 10.1 Å². The number of benzene rings is 1. The Balaban J connectivity index is 3.44. The summed E-state index contributed by atoms with van der Waals surface area (Å²) < 4.78 is 5.74. The van der Waals surface area contributed by atoms with Gasteiger partial charge in [-0.2, -0.15) is 4.99 Å². The van der Waals surface area contributed by atoms with Crippen LogP contribution >= 0.6 is 0 Å². The molecule has 0 bridgehead atoms. The van der Waals surface area contributed by atoms with E-state index in [9.17, 15) is 14.9 Å². The van der Waals surface area contributed by atoms with Crippen molar-refractivity contribution in [2.45, 2.75) is 39.3 Å². The van der Waals surface area contributed by atoms with Crippen molar-refractivity contribution in [1.82, 2.24) is 0 Å². The van der Waals surface area contributed by atoms with Gasteiger partial charge in [-0.05, 0) is 32.0 Å². The Bertz CT molecular complexity index is 539. The molecule has 0 saturated heterocycles. The lowest BCUT2D eigenvalue weighted by atomic mass is 10.0. The van der Waals surface area contributed by atoms with Crippen LogP contribution in [0.15, 0.2) is 17.1 Å². The number of nitro groups is 1. The maximum absolute atomic E-state index is 11.1. The minimum atomic E-state index is -1.13. The second kappa shape index (κ2) is 7.57. The van der Waals surface area contributed by atoms with Gasteiger partial charge >= 0.3 is 0 Å². The number of carbonyl (C=O) groups excluding carboxylic acids is 1. The molecule has 6 nitrogen and oxygen atoms in total. The van der Waals surface area contributed by atoms with Gasteiger partial charge in [0.15, 0.2) is 0 Å². The van der Waals surface area contributed by atoms with E-state index in [2.05, 4.69) is 4.99 Å². The van der Waals surface area contributed by atoms with Crippen LogP contribution in [0.2, 0.25) is 13.1 Å². The van der Waals surface area contributed by atoms with Gasteiger partial charge < -0.3 is 4.43 Å². The molecule has 0 spiro atoms. The Morgan fingerprint density at radius 3 is 2.65 bits per heavy atom. The highest BCUT2D eigenvalue weighted by Crippen LogP contribution is 2.38. The second-order valence-electron chi connectivity index (χ2n) is 4.49. The lowest BCUT2D eigenvalue weighted by Gasteiger charge is -2.15. The van der Waals surface area contributed by atoms with Crippen LogP contribution in [0.25, 0.3) is 0 Å². The molecule has 0 fully saturated rings. The number of isocyanates is 1. The summed E-state index contributed by atoms with van der Waals surface area (Å²) in [4.78, 5) is 24.8. The van der Waals surface area contributed by atoms with Crippen molar-refractivity contribution < 1.29 is 14.1 Å². The molecule has 1 aromatic rings. The van der Waals surface area contributed by atoms with Crippen LogP contribution < -0.4 is 4.43 Å². The Labute approximate surface area is 119 Å². The van der Waals surface area contributed by atoms with Gasteiger partial charge in [-0.1, -0.05) is 13.3 Å². The fourth-order valence-corrected chi connectivity index (χ4v) is 2.46. The van der Waals surface area contributed by atoms with Crippen molar-refractivity contribution in [2.24, 2.45) is 4.99 Å². The molecule has 1 aromatic carbocycles. The van der Waals surface area contributed by atoms with Crippen molar-refractivity contribution in [1.29, 1.82) is 0 Å². The molecule has 1 rings (SSSR count). The predicted octanol–water partition coefficient (Wildman–Crippen LogP) is 3.53. The predicted molar refractivity (Wildman–Crippen MR) is 77.6 cm³/mol. The first kappa shape index (κ1) is 16.1. The highest BCUT2D eigenvalue weighted by Gasteiger charge is 2.22. The van der Waals surface area contributed by atoms with E-state index >= 15 is 0 Å². The highest BCUT2D eigenvalue weighted by atomic mass is 28.3. The van der Waals surface area contributed by atoms with Crippen molar-refractivity contribution in [3.05, 3.63) is 27.8 Å². The third-order valence-electron chi connectivity index (χ3n) is 2.66. The zero-order chi connectivity index (χ0) is 15.1. The largest absolute Gasteiger partial charge is 0.541 e. The molecular weight excluding hydrogens is 276 g/mol. The van der Waals surface area contributed by atoms with Gasteiger partial charge in [-0.15, -0.1) is 0 Å². The molecule has 0 atom stereocenters. The molecule has 0 aliphatic heterocycles. The van der Waals surface area contributed by atoms with E-state index in [1.807, 2.05) is 20.0 Å². The Morgan fingerprint density at radius 2 is 2.15 bits per heavy atom. The number of nitro benzene ring substituents is 1. The highest BCUT2D eigenvalue weighted by molar-refractivity contribution is 6.49. The van der Waals surface area contributed by atoms with Gasteiger partial charge in [0.1, 0.15) is 11.4 Å². The fourth-order valence-electron chi connectivity index (χ4n) is 1.83. The van der Waals surface area contributed by atoms with E-state index in [0.717, 1.165) is 12.8 Å². The van der Waals surface area contributed by atoms with Crippen LogP contribution in [0.1, 0.15) is 25.3 Å². The molecule has 1 radical (unpaired) electrons. The van der Waals surface area contributed by atoms with Gasteiger partial charge in [0.2, 0.25) is 6.08 Å². The van der Waals surface area contributed by atoms with Gasteiger partial charge in [0, 0.05) is 6.07 Å². The van der Waals surface area contributed by atoms with E-state index in [1.165, 1.54) is 18.2 Å². The summed E-state index contributed by atoms with van der Waals surface area (Å²) in [6, 6.07) is 2.80. The minimum absolute atomic E-state index is 0.0153. The molecule has 20 heavy (non-hydrogen) atoms. The molecule has 0 aliphatic rings. The number of rotatable bonds is 7. The summed E-state index contributed by atoms with van der Waals surface area (Å²) in [5.74, 6) is 0.356. The first-order valence-electron chi connectivity index (χ1n) is 6.37. The van der Waals surface area contributed by atoms with E-state index in [-0.39, 0.29) is 5.69 Å². The van der Waals surface area contributed by atoms with Crippen LogP contribution in [0.4, 0.5) is 11.4 Å². The SMILES string of the molecule is CCCCc1c([N+](=O)[O-])ccc(N=C=O)c1O[Si](C)C. The number of hydrogen-bond acceptors (Lipinski definition) is 5. The minimum Gasteiger partial charge on any atom is -0.541 e. The lowest BCUT2D eigenvalue weighted by Crippen LogP contribution is -2.13. The zero-order valence-electron chi connectivity index (χ0n) is 11.8. The van der Waals surface area contributed by atoms with E-state index in [4.69, 9.17) is 4.43 Å². The van der Waals surface area contributed by atoms with Gasteiger partial charge in [0.25, 0.3) is 14.7 Å². The molecule has 0 N–H and O–H groups in total. The standard InChI is InChI=1S/C13H17N2O4Si/c1-4-5-6-10-12(15(17)18)8-7-11(14-9-16)13(10)19-20(2)3/h7-8H,4-6H2,1-3H3. The molecule has 0 aromatic heterocycles. The number of aliphatic imine (C=N–C) groups is 1. The lowest BCUT2D eigenvalue weighted by molar-refractivity contribution is -0.385. The first-order valence-corrected chi connectivity index (χ1v) is 8.78. The van der Waals surface area contributed by atoms with Crippen molar-refractivity contribution in [2.75, 3.05) is 0 Å². The summed E-state index contributed by atoms with van der Waals surface area (Å²) in [5, 5.41) is 11.1. The van der Waals surface area contributed by atoms with E-state index < -0.39 is 14.0 Å². The van der Waals surface area contributed by atoms with Gasteiger partial charge in [-0.3, -0.25) is 10.1 Å². The number of unbranched alkanes of at least 4 members (excludes halogenated alkanes) is 1. The topological polar surface area (TPSA) is 81.8 Å². The summed E-state index contributed by atoms with van der Waals surface area (Å²) in [6.07, 6.45) is 3.71.